The highest BCUT2D eigenvalue weighted by Crippen LogP contribution is 2.48. The maximum absolute atomic E-state index is 12.2. The van der Waals surface area contributed by atoms with Crippen LogP contribution < -0.4 is 10.6 Å². The Labute approximate surface area is 213 Å². The zero-order valence-electron chi connectivity index (χ0n) is 15.9. The highest BCUT2D eigenvalue weighted by atomic mass is 127. The Kier molecular flexibility index (Phi) is 9.51. The second kappa shape index (κ2) is 10.8. The van der Waals surface area contributed by atoms with E-state index < -0.39 is 36.4 Å². The minimum absolute atomic E-state index is 0.156. The predicted octanol–water partition coefficient (Wildman–Crippen LogP) is 0.344. The average Bonchev–Trinajstić information content (AvgIpc) is 2.97. The minimum Gasteiger partial charge on any atom is -0.394 e. The molecule has 13 heteroatoms. The molecule has 0 aromatic heterocycles. The number of benzene rings is 1. The molecule has 1 saturated heterocycles. The van der Waals surface area contributed by atoms with E-state index >= 15 is 0 Å². The molecule has 1 fully saturated rings. The third-order valence-electron chi connectivity index (χ3n) is 4.47. The summed E-state index contributed by atoms with van der Waals surface area (Å²) < 4.78 is 11.5. The van der Waals surface area contributed by atoms with Gasteiger partial charge in [0.2, 0.25) is 11.8 Å². The smallest absolute Gasteiger partial charge is 0.250 e. The zero-order chi connectivity index (χ0) is 22.8. The van der Waals surface area contributed by atoms with Crippen molar-refractivity contribution in [2.75, 3.05) is 37.6 Å². The van der Waals surface area contributed by atoms with Gasteiger partial charge in [-0.2, -0.15) is 0 Å². The van der Waals surface area contributed by atoms with Crippen LogP contribution in [0.4, 0.5) is 11.4 Å². The van der Waals surface area contributed by atoms with Crippen molar-refractivity contribution in [1.82, 2.24) is 0 Å². The van der Waals surface area contributed by atoms with E-state index in [-0.39, 0.29) is 24.7 Å². The SMILES string of the molecule is COCC(=O)Nc1c(I)c(NC(C)=O)c(I)c([C@@]2(O)[C@@H]([C@H](O)CO)OC[C@@H]2O)c1I. The first-order valence-corrected chi connectivity index (χ1v) is 11.8. The Hall–Kier alpha value is 0.110. The van der Waals surface area contributed by atoms with Crippen molar-refractivity contribution < 1.29 is 39.5 Å². The fraction of sp³-hybridized carbons (Fsp3) is 0.529. The van der Waals surface area contributed by atoms with Crippen molar-refractivity contribution in [1.29, 1.82) is 0 Å². The molecule has 10 nitrogen and oxygen atoms in total. The van der Waals surface area contributed by atoms with Gasteiger partial charge in [0.1, 0.15) is 30.5 Å². The van der Waals surface area contributed by atoms with Crippen molar-refractivity contribution in [3.05, 3.63) is 16.3 Å². The molecule has 0 spiro atoms. The average molecular weight is 762 g/mol. The summed E-state index contributed by atoms with van der Waals surface area (Å²) in [5.41, 5.74) is -1.35. The lowest BCUT2D eigenvalue weighted by Gasteiger charge is -2.36. The van der Waals surface area contributed by atoms with Gasteiger partial charge in [-0.15, -0.1) is 0 Å². The molecular formula is C17H21I3N2O8. The molecule has 1 heterocycles. The quantitative estimate of drug-likeness (QED) is 0.218. The lowest BCUT2D eigenvalue weighted by atomic mass is 9.82. The number of aliphatic hydroxyl groups excluding tert-OH is 3. The number of hydrogen-bond donors (Lipinski definition) is 6. The molecule has 0 saturated carbocycles. The second-order valence-corrected chi connectivity index (χ2v) is 9.81. The van der Waals surface area contributed by atoms with E-state index in [0.29, 0.717) is 22.1 Å². The van der Waals surface area contributed by atoms with E-state index in [2.05, 4.69) is 10.6 Å². The van der Waals surface area contributed by atoms with E-state index in [1.165, 1.54) is 14.0 Å². The fourth-order valence-electron chi connectivity index (χ4n) is 3.17. The number of anilines is 2. The second-order valence-electron chi connectivity index (χ2n) is 6.57. The molecule has 1 aromatic carbocycles. The van der Waals surface area contributed by atoms with Gasteiger partial charge >= 0.3 is 0 Å². The summed E-state index contributed by atoms with van der Waals surface area (Å²) in [4.78, 5) is 24.0. The Balaban J connectivity index is 2.79. The first kappa shape index (κ1) is 26.4. The number of amides is 2. The van der Waals surface area contributed by atoms with E-state index in [9.17, 15) is 30.0 Å². The molecule has 0 radical (unpaired) electrons. The molecule has 30 heavy (non-hydrogen) atoms. The van der Waals surface area contributed by atoms with Gasteiger partial charge in [-0.1, -0.05) is 0 Å². The van der Waals surface area contributed by atoms with Gasteiger partial charge in [0.25, 0.3) is 0 Å². The van der Waals surface area contributed by atoms with Crippen LogP contribution >= 0.6 is 67.8 Å². The van der Waals surface area contributed by atoms with Crippen LogP contribution in [0.1, 0.15) is 12.5 Å². The Morgan fingerprint density at radius 3 is 2.30 bits per heavy atom. The largest absolute Gasteiger partial charge is 0.394 e. The molecule has 0 unspecified atom stereocenters. The molecule has 1 aromatic rings. The van der Waals surface area contributed by atoms with Crippen molar-refractivity contribution in [3.63, 3.8) is 0 Å². The predicted molar refractivity (Wildman–Crippen MR) is 132 cm³/mol. The number of rotatable bonds is 7. The molecule has 1 aliphatic rings. The molecular weight excluding hydrogens is 741 g/mol. The van der Waals surface area contributed by atoms with Crippen LogP contribution in [-0.4, -0.2) is 77.5 Å². The summed E-state index contributed by atoms with van der Waals surface area (Å²) >= 11 is 5.78. The maximum Gasteiger partial charge on any atom is 0.250 e. The molecule has 6 N–H and O–H groups in total. The number of ether oxygens (including phenoxy) is 2. The van der Waals surface area contributed by atoms with E-state index in [4.69, 9.17) is 9.47 Å². The van der Waals surface area contributed by atoms with E-state index in [1.807, 2.05) is 67.8 Å². The normalized spacial score (nSPS) is 24.6. The van der Waals surface area contributed by atoms with Gasteiger partial charge in [-0.3, -0.25) is 9.59 Å². The van der Waals surface area contributed by atoms with Crippen LogP contribution in [0.2, 0.25) is 0 Å². The van der Waals surface area contributed by atoms with Crippen molar-refractivity contribution in [2.24, 2.45) is 0 Å². The first-order chi connectivity index (χ1) is 14.0. The topological polar surface area (TPSA) is 158 Å². The van der Waals surface area contributed by atoms with E-state index in [1.54, 1.807) is 0 Å². The van der Waals surface area contributed by atoms with Gasteiger partial charge in [-0.05, 0) is 67.8 Å². The van der Waals surface area contributed by atoms with Gasteiger partial charge in [0.15, 0.2) is 0 Å². The van der Waals surface area contributed by atoms with Gasteiger partial charge in [-0.25, -0.2) is 0 Å². The summed E-state index contributed by atoms with van der Waals surface area (Å²) in [6.07, 6.45) is -4.25. The van der Waals surface area contributed by atoms with Gasteiger partial charge in [0.05, 0.1) is 28.2 Å². The number of nitrogens with one attached hydrogen (secondary N) is 2. The summed E-state index contributed by atoms with van der Waals surface area (Å²) in [6.45, 7) is 0.114. The third-order valence-corrected chi connectivity index (χ3v) is 7.71. The number of methoxy groups -OCH3 is 1. The van der Waals surface area contributed by atoms with Crippen molar-refractivity contribution in [2.45, 2.75) is 30.8 Å². The van der Waals surface area contributed by atoms with Crippen LogP contribution in [0.15, 0.2) is 0 Å². The van der Waals surface area contributed by atoms with Crippen molar-refractivity contribution >= 4 is 91.0 Å². The third kappa shape index (κ3) is 5.03. The van der Waals surface area contributed by atoms with E-state index in [0.717, 1.165) is 0 Å². The van der Waals surface area contributed by atoms with Gasteiger partial charge in [0, 0.05) is 26.7 Å². The Morgan fingerprint density at radius 1 is 1.23 bits per heavy atom. The summed E-state index contributed by atoms with van der Waals surface area (Å²) in [7, 11) is 1.37. The van der Waals surface area contributed by atoms with Crippen LogP contribution in [0, 0.1) is 10.7 Å². The standard InChI is InChI=1S/C17H21I3N2O8/c1-6(24)21-14-11(18)10(12(19)15(13(14)20)22-9(27)5-29-2)17(28)8(26)4-30-16(17)7(25)3-23/h7-8,16,23,25-26,28H,3-5H2,1-2H3,(H,21,24)(H,22,27)/t7-,8+,16-,17-/m1/s1. The molecule has 4 atom stereocenters. The molecule has 2 rings (SSSR count). The van der Waals surface area contributed by atoms with Crippen molar-refractivity contribution in [3.8, 4) is 0 Å². The number of hydrogen-bond acceptors (Lipinski definition) is 8. The summed E-state index contributed by atoms with van der Waals surface area (Å²) in [5, 5.41) is 47.1. The Morgan fingerprint density at radius 2 is 1.80 bits per heavy atom. The molecule has 2 amide bonds. The fourth-order valence-corrected chi connectivity index (χ4v) is 7.73. The van der Waals surface area contributed by atoms with Gasteiger partial charge < -0.3 is 40.5 Å². The number of halogens is 3. The molecule has 0 bridgehead atoms. The minimum atomic E-state index is -2.12. The highest BCUT2D eigenvalue weighted by molar-refractivity contribution is 14.1. The molecule has 168 valence electrons. The lowest BCUT2D eigenvalue weighted by Crippen LogP contribution is -2.51. The summed E-state index contributed by atoms with van der Waals surface area (Å²) in [6, 6.07) is 0. The highest BCUT2D eigenvalue weighted by Gasteiger charge is 2.56. The Bertz CT molecular complexity index is 840. The van der Waals surface area contributed by atoms with Crippen LogP contribution in [-0.2, 0) is 24.7 Å². The molecule has 0 aliphatic carbocycles. The number of carbonyl (C=O) groups is 2. The number of aliphatic hydroxyl groups is 4. The monoisotopic (exact) mass is 762 g/mol. The maximum atomic E-state index is 12.2. The lowest BCUT2D eigenvalue weighted by molar-refractivity contribution is -0.133. The van der Waals surface area contributed by atoms with Crippen LogP contribution in [0.5, 0.6) is 0 Å². The number of carbonyl (C=O) groups excluding carboxylic acids is 2. The van der Waals surface area contributed by atoms with Crippen LogP contribution in [0.25, 0.3) is 0 Å². The zero-order valence-corrected chi connectivity index (χ0v) is 22.4. The summed E-state index contributed by atoms with van der Waals surface area (Å²) in [5.74, 6) is -0.842. The molecule has 1 aliphatic heterocycles. The van der Waals surface area contributed by atoms with Crippen LogP contribution in [0.3, 0.4) is 0 Å². The first-order valence-electron chi connectivity index (χ1n) is 8.58.